The Morgan fingerprint density at radius 3 is 2.36 bits per heavy atom. The first kappa shape index (κ1) is 16.3. The molecule has 1 fully saturated rings. The summed E-state index contributed by atoms with van der Waals surface area (Å²) in [6, 6.07) is 7.60. The molecule has 0 radical (unpaired) electrons. The molecule has 0 bridgehead atoms. The first-order chi connectivity index (χ1) is 10.5. The fraction of sp³-hybridized carbons (Fsp3) is 0.529. The SMILES string of the molecule is CCOc1ccc(CN(C)C(=O)CC2(C(=O)O)CCC2)cc1. The highest BCUT2D eigenvalue weighted by atomic mass is 16.5. The van der Waals surface area contributed by atoms with Gasteiger partial charge in [0, 0.05) is 20.0 Å². The molecule has 0 aliphatic heterocycles. The molecule has 5 nitrogen and oxygen atoms in total. The third kappa shape index (κ3) is 3.59. The van der Waals surface area contributed by atoms with Gasteiger partial charge in [-0.2, -0.15) is 0 Å². The highest BCUT2D eigenvalue weighted by Gasteiger charge is 2.46. The second kappa shape index (κ2) is 6.81. The first-order valence-corrected chi connectivity index (χ1v) is 7.66. The summed E-state index contributed by atoms with van der Waals surface area (Å²) in [5, 5.41) is 9.30. The number of carbonyl (C=O) groups is 2. The van der Waals surface area contributed by atoms with E-state index in [9.17, 15) is 14.7 Å². The van der Waals surface area contributed by atoms with Crippen molar-refractivity contribution in [2.45, 2.75) is 39.2 Å². The van der Waals surface area contributed by atoms with Gasteiger partial charge in [0.15, 0.2) is 0 Å². The molecule has 1 aliphatic rings. The van der Waals surface area contributed by atoms with Crippen LogP contribution in [0.3, 0.4) is 0 Å². The summed E-state index contributed by atoms with van der Waals surface area (Å²) in [7, 11) is 1.72. The third-order valence-electron chi connectivity index (χ3n) is 4.33. The van der Waals surface area contributed by atoms with Crippen LogP contribution in [0.1, 0.15) is 38.2 Å². The van der Waals surface area contributed by atoms with Crippen molar-refractivity contribution in [3.63, 3.8) is 0 Å². The van der Waals surface area contributed by atoms with Crippen molar-refractivity contribution in [1.82, 2.24) is 4.90 Å². The van der Waals surface area contributed by atoms with Gasteiger partial charge >= 0.3 is 5.97 Å². The average Bonchev–Trinajstić information content (AvgIpc) is 2.44. The molecule has 0 unspecified atom stereocenters. The lowest BCUT2D eigenvalue weighted by molar-refractivity contribution is -0.159. The monoisotopic (exact) mass is 305 g/mol. The van der Waals surface area contributed by atoms with Crippen molar-refractivity contribution in [3.8, 4) is 5.75 Å². The van der Waals surface area contributed by atoms with Crippen LogP contribution in [0.5, 0.6) is 5.75 Å². The zero-order chi connectivity index (χ0) is 16.2. The molecular weight excluding hydrogens is 282 g/mol. The second-order valence-electron chi connectivity index (χ2n) is 5.94. The van der Waals surface area contributed by atoms with Gasteiger partial charge in [-0.25, -0.2) is 0 Å². The molecule has 2 rings (SSSR count). The molecule has 0 heterocycles. The fourth-order valence-corrected chi connectivity index (χ4v) is 2.71. The molecule has 1 aliphatic carbocycles. The minimum atomic E-state index is -0.846. The van der Waals surface area contributed by atoms with Gasteiger partial charge in [0.25, 0.3) is 0 Å². The number of amides is 1. The van der Waals surface area contributed by atoms with Gasteiger partial charge < -0.3 is 14.7 Å². The molecule has 0 saturated heterocycles. The zero-order valence-corrected chi connectivity index (χ0v) is 13.2. The predicted octanol–water partition coefficient (Wildman–Crippen LogP) is 2.69. The van der Waals surface area contributed by atoms with Crippen LogP contribution in [0.25, 0.3) is 0 Å². The van der Waals surface area contributed by atoms with E-state index in [0.29, 0.717) is 26.0 Å². The standard InChI is InChI=1S/C17H23NO4/c1-3-22-14-7-5-13(6-8-14)12-18(2)15(19)11-17(16(20)21)9-4-10-17/h5-8H,3-4,9-12H2,1-2H3,(H,20,21). The summed E-state index contributed by atoms with van der Waals surface area (Å²) >= 11 is 0. The molecule has 1 saturated carbocycles. The number of rotatable bonds is 7. The van der Waals surface area contributed by atoms with E-state index in [1.54, 1.807) is 11.9 Å². The molecule has 120 valence electrons. The maximum Gasteiger partial charge on any atom is 0.310 e. The third-order valence-corrected chi connectivity index (χ3v) is 4.33. The molecule has 1 aromatic rings. The Hall–Kier alpha value is -2.04. The number of carboxylic acid groups (broad SMARTS) is 1. The van der Waals surface area contributed by atoms with Gasteiger partial charge in [0.1, 0.15) is 5.75 Å². The smallest absolute Gasteiger partial charge is 0.310 e. The second-order valence-corrected chi connectivity index (χ2v) is 5.94. The van der Waals surface area contributed by atoms with Crippen molar-refractivity contribution in [3.05, 3.63) is 29.8 Å². The Morgan fingerprint density at radius 1 is 1.27 bits per heavy atom. The van der Waals surface area contributed by atoms with Crippen molar-refractivity contribution in [2.24, 2.45) is 5.41 Å². The normalized spacial score (nSPS) is 15.7. The van der Waals surface area contributed by atoms with E-state index in [4.69, 9.17) is 4.74 Å². The maximum absolute atomic E-state index is 12.3. The molecule has 1 N–H and O–H groups in total. The molecule has 22 heavy (non-hydrogen) atoms. The van der Waals surface area contributed by atoms with E-state index < -0.39 is 11.4 Å². The minimum Gasteiger partial charge on any atom is -0.494 e. The number of carboxylic acids is 1. The van der Waals surface area contributed by atoms with Crippen LogP contribution in [-0.2, 0) is 16.1 Å². The number of carbonyl (C=O) groups excluding carboxylic acids is 1. The quantitative estimate of drug-likeness (QED) is 0.841. The van der Waals surface area contributed by atoms with Gasteiger partial charge in [-0.1, -0.05) is 18.6 Å². The number of hydrogen-bond acceptors (Lipinski definition) is 3. The lowest BCUT2D eigenvalue weighted by Gasteiger charge is -2.38. The Kier molecular flexibility index (Phi) is 5.06. The number of nitrogens with zero attached hydrogens (tertiary/aromatic N) is 1. The van der Waals surface area contributed by atoms with Crippen LogP contribution in [0.15, 0.2) is 24.3 Å². The highest BCUT2D eigenvalue weighted by Crippen LogP contribution is 2.44. The van der Waals surface area contributed by atoms with Crippen LogP contribution in [0, 0.1) is 5.41 Å². The fourth-order valence-electron chi connectivity index (χ4n) is 2.71. The molecule has 5 heteroatoms. The first-order valence-electron chi connectivity index (χ1n) is 7.66. The van der Waals surface area contributed by atoms with Crippen LogP contribution < -0.4 is 4.74 Å². The number of ether oxygens (including phenoxy) is 1. The summed E-state index contributed by atoms with van der Waals surface area (Å²) in [6.07, 6.45) is 2.19. The Bertz CT molecular complexity index is 534. The summed E-state index contributed by atoms with van der Waals surface area (Å²) in [4.78, 5) is 25.2. The Labute approximate surface area is 130 Å². The van der Waals surface area contributed by atoms with Crippen LogP contribution in [0.2, 0.25) is 0 Å². The average molecular weight is 305 g/mol. The van der Waals surface area contributed by atoms with Gasteiger partial charge in [-0.3, -0.25) is 9.59 Å². The van der Waals surface area contributed by atoms with Crippen LogP contribution in [0.4, 0.5) is 0 Å². The summed E-state index contributed by atoms with van der Waals surface area (Å²) < 4.78 is 5.38. The Balaban J connectivity index is 1.92. The van der Waals surface area contributed by atoms with Crippen LogP contribution in [-0.4, -0.2) is 35.5 Å². The lowest BCUT2D eigenvalue weighted by atomic mass is 9.66. The van der Waals surface area contributed by atoms with Gasteiger partial charge in [-0.15, -0.1) is 0 Å². The molecular formula is C17H23NO4. The topological polar surface area (TPSA) is 66.8 Å². The number of benzene rings is 1. The van der Waals surface area contributed by atoms with E-state index in [-0.39, 0.29) is 12.3 Å². The van der Waals surface area contributed by atoms with Crippen LogP contribution >= 0.6 is 0 Å². The molecule has 0 atom stereocenters. The summed E-state index contributed by atoms with van der Waals surface area (Å²) in [5.41, 5.74) is 0.168. The largest absolute Gasteiger partial charge is 0.494 e. The minimum absolute atomic E-state index is 0.0931. The van der Waals surface area contributed by atoms with E-state index in [0.717, 1.165) is 17.7 Å². The highest BCUT2D eigenvalue weighted by molar-refractivity contribution is 5.85. The molecule has 1 aromatic carbocycles. The summed E-state index contributed by atoms with van der Waals surface area (Å²) in [6.45, 7) is 3.02. The van der Waals surface area contributed by atoms with Crippen molar-refractivity contribution < 1.29 is 19.4 Å². The number of hydrogen-bond donors (Lipinski definition) is 1. The van der Waals surface area contributed by atoms with E-state index >= 15 is 0 Å². The molecule has 0 spiro atoms. The number of aliphatic carboxylic acids is 1. The van der Waals surface area contributed by atoms with Gasteiger partial charge in [0.2, 0.25) is 5.91 Å². The Morgan fingerprint density at radius 2 is 1.91 bits per heavy atom. The lowest BCUT2D eigenvalue weighted by Crippen LogP contribution is -2.42. The van der Waals surface area contributed by atoms with Gasteiger partial charge in [0.05, 0.1) is 12.0 Å². The van der Waals surface area contributed by atoms with E-state index in [2.05, 4.69) is 0 Å². The van der Waals surface area contributed by atoms with E-state index in [1.165, 1.54) is 0 Å². The van der Waals surface area contributed by atoms with Crippen molar-refractivity contribution in [1.29, 1.82) is 0 Å². The predicted molar refractivity (Wildman–Crippen MR) is 82.6 cm³/mol. The molecule has 0 aromatic heterocycles. The van der Waals surface area contributed by atoms with Crippen molar-refractivity contribution in [2.75, 3.05) is 13.7 Å². The van der Waals surface area contributed by atoms with E-state index in [1.807, 2.05) is 31.2 Å². The zero-order valence-electron chi connectivity index (χ0n) is 13.2. The van der Waals surface area contributed by atoms with Crippen molar-refractivity contribution >= 4 is 11.9 Å². The maximum atomic E-state index is 12.3. The molecule has 1 amide bonds. The summed E-state index contributed by atoms with van der Waals surface area (Å²) in [5.74, 6) is -0.155. The van der Waals surface area contributed by atoms with Gasteiger partial charge in [-0.05, 0) is 37.5 Å².